The second kappa shape index (κ2) is 4.94. The summed E-state index contributed by atoms with van der Waals surface area (Å²) in [5, 5.41) is 9.10. The number of rotatable bonds is 2. The summed E-state index contributed by atoms with van der Waals surface area (Å²) in [7, 11) is 0. The average molecular weight is 301 g/mol. The molecule has 0 aliphatic heterocycles. The Morgan fingerprint density at radius 1 is 1.24 bits per heavy atom. The topological polar surface area (TPSA) is 55.1 Å². The van der Waals surface area contributed by atoms with E-state index < -0.39 is 0 Å². The first-order chi connectivity index (χ1) is 10.2. The van der Waals surface area contributed by atoms with Gasteiger partial charge >= 0.3 is 0 Å². The highest BCUT2D eigenvalue weighted by Gasteiger charge is 2.19. The molecule has 0 spiro atoms. The van der Waals surface area contributed by atoms with Crippen molar-refractivity contribution >= 4 is 33.1 Å². The molecule has 6 heteroatoms. The maximum Gasteiger partial charge on any atom is 0.227 e. The van der Waals surface area contributed by atoms with Gasteiger partial charge in [-0.2, -0.15) is 9.61 Å². The molecule has 5 nitrogen and oxygen atoms in total. The van der Waals surface area contributed by atoms with Crippen LogP contribution in [0.25, 0.3) is 15.9 Å². The molecule has 0 amide bonds. The van der Waals surface area contributed by atoms with E-state index in [2.05, 4.69) is 29.2 Å². The number of fused-ring (bicyclic) bond motifs is 3. The van der Waals surface area contributed by atoms with Crippen molar-refractivity contribution in [3.63, 3.8) is 0 Å². The van der Waals surface area contributed by atoms with E-state index in [1.165, 1.54) is 42.5 Å². The third kappa shape index (κ3) is 2.09. The monoisotopic (exact) mass is 301 g/mol. The van der Waals surface area contributed by atoms with Crippen molar-refractivity contribution in [2.24, 2.45) is 0 Å². The van der Waals surface area contributed by atoms with Crippen LogP contribution in [0.2, 0.25) is 0 Å². The summed E-state index contributed by atoms with van der Waals surface area (Å²) in [4.78, 5) is 11.6. The van der Waals surface area contributed by atoms with Crippen LogP contribution in [0.3, 0.4) is 0 Å². The van der Waals surface area contributed by atoms with Gasteiger partial charge in [0.2, 0.25) is 5.95 Å². The van der Waals surface area contributed by atoms with Gasteiger partial charge in [0.25, 0.3) is 0 Å². The molecule has 1 fully saturated rings. The van der Waals surface area contributed by atoms with Crippen molar-refractivity contribution in [3.05, 3.63) is 16.8 Å². The molecule has 1 aliphatic carbocycles. The summed E-state index contributed by atoms with van der Waals surface area (Å²) in [6, 6.07) is 0.512. The summed E-state index contributed by atoms with van der Waals surface area (Å²) in [5.74, 6) is 0.836. The molecule has 3 aromatic rings. The van der Waals surface area contributed by atoms with Crippen molar-refractivity contribution in [1.82, 2.24) is 19.6 Å². The molecular weight excluding hydrogens is 282 g/mol. The zero-order chi connectivity index (χ0) is 14.4. The Morgan fingerprint density at radius 2 is 2.05 bits per heavy atom. The lowest BCUT2D eigenvalue weighted by molar-refractivity contribution is 0.460. The average Bonchev–Trinajstić information content (AvgIpc) is 3.06. The van der Waals surface area contributed by atoms with Crippen LogP contribution >= 0.6 is 11.3 Å². The molecule has 4 rings (SSSR count). The lowest BCUT2D eigenvalue weighted by atomic mass is 9.96. The number of hydrogen-bond acceptors (Lipinski definition) is 5. The third-order valence-electron chi connectivity index (χ3n) is 4.48. The van der Waals surface area contributed by atoms with Gasteiger partial charge in [-0.15, -0.1) is 11.3 Å². The number of anilines is 1. The van der Waals surface area contributed by atoms with Crippen LogP contribution in [-0.4, -0.2) is 25.6 Å². The number of thiophene rings is 1. The van der Waals surface area contributed by atoms with E-state index in [0.717, 1.165) is 21.8 Å². The van der Waals surface area contributed by atoms with E-state index >= 15 is 0 Å². The predicted octanol–water partition coefficient (Wildman–Crippen LogP) is 3.70. The van der Waals surface area contributed by atoms with E-state index in [9.17, 15) is 0 Å². The maximum atomic E-state index is 4.82. The zero-order valence-electron chi connectivity index (χ0n) is 12.4. The quantitative estimate of drug-likeness (QED) is 0.784. The highest BCUT2D eigenvalue weighted by atomic mass is 32.1. The zero-order valence-corrected chi connectivity index (χ0v) is 13.2. The van der Waals surface area contributed by atoms with E-state index in [1.54, 1.807) is 17.7 Å². The van der Waals surface area contributed by atoms with Gasteiger partial charge in [-0.05, 0) is 32.3 Å². The minimum absolute atomic E-state index is 0.512. The van der Waals surface area contributed by atoms with E-state index in [4.69, 9.17) is 4.98 Å². The normalized spacial score (nSPS) is 16.9. The van der Waals surface area contributed by atoms with E-state index in [0.29, 0.717) is 6.04 Å². The number of hydrogen-bond donors (Lipinski definition) is 1. The Kier molecular flexibility index (Phi) is 3.06. The SMILES string of the molecule is Cc1sc2nc(NC3CCCCC3)n3ncnc3c2c1C. The van der Waals surface area contributed by atoms with E-state index in [-0.39, 0.29) is 0 Å². The molecule has 1 N–H and O–H groups in total. The summed E-state index contributed by atoms with van der Waals surface area (Å²) in [5.41, 5.74) is 2.19. The summed E-state index contributed by atoms with van der Waals surface area (Å²) in [6.07, 6.45) is 8.02. The lowest BCUT2D eigenvalue weighted by Crippen LogP contribution is -2.24. The van der Waals surface area contributed by atoms with Gasteiger partial charge in [0.15, 0.2) is 5.65 Å². The van der Waals surface area contributed by atoms with Gasteiger partial charge in [-0.25, -0.2) is 9.97 Å². The fraction of sp³-hybridized carbons (Fsp3) is 0.533. The second-order valence-electron chi connectivity index (χ2n) is 5.87. The maximum absolute atomic E-state index is 4.82. The van der Waals surface area contributed by atoms with Crippen LogP contribution in [0, 0.1) is 13.8 Å². The first kappa shape index (κ1) is 13.0. The Bertz CT molecular complexity index is 797. The Morgan fingerprint density at radius 3 is 2.86 bits per heavy atom. The van der Waals surface area contributed by atoms with E-state index in [1.807, 2.05) is 4.52 Å². The smallest absolute Gasteiger partial charge is 0.227 e. The number of aryl methyl sites for hydroxylation is 2. The molecule has 0 radical (unpaired) electrons. The molecule has 0 bridgehead atoms. The number of nitrogens with one attached hydrogen (secondary N) is 1. The highest BCUT2D eigenvalue weighted by molar-refractivity contribution is 7.18. The summed E-state index contributed by atoms with van der Waals surface area (Å²) >= 11 is 1.74. The van der Waals surface area contributed by atoms with Crippen LogP contribution in [0.1, 0.15) is 42.5 Å². The van der Waals surface area contributed by atoms with Crippen LogP contribution in [0.15, 0.2) is 6.33 Å². The van der Waals surface area contributed by atoms with Gasteiger partial charge in [0.1, 0.15) is 11.2 Å². The first-order valence-electron chi connectivity index (χ1n) is 7.60. The molecule has 3 heterocycles. The molecule has 1 aliphatic rings. The fourth-order valence-electron chi connectivity index (χ4n) is 3.18. The molecule has 110 valence electrons. The molecule has 3 aromatic heterocycles. The molecule has 0 aromatic carbocycles. The van der Waals surface area contributed by atoms with Crippen molar-refractivity contribution < 1.29 is 0 Å². The number of nitrogens with zero attached hydrogens (tertiary/aromatic N) is 4. The third-order valence-corrected chi connectivity index (χ3v) is 5.59. The highest BCUT2D eigenvalue weighted by Crippen LogP contribution is 2.33. The van der Waals surface area contributed by atoms with Crippen molar-refractivity contribution in [1.29, 1.82) is 0 Å². The van der Waals surface area contributed by atoms with Crippen molar-refractivity contribution in [2.45, 2.75) is 52.0 Å². The first-order valence-corrected chi connectivity index (χ1v) is 8.41. The van der Waals surface area contributed by atoms with Crippen LogP contribution in [-0.2, 0) is 0 Å². The lowest BCUT2D eigenvalue weighted by Gasteiger charge is -2.23. The summed E-state index contributed by atoms with van der Waals surface area (Å²) in [6.45, 7) is 4.28. The minimum atomic E-state index is 0.512. The predicted molar refractivity (Wildman–Crippen MR) is 86.1 cm³/mol. The van der Waals surface area contributed by atoms with Gasteiger partial charge in [0.05, 0.1) is 5.39 Å². The number of aromatic nitrogens is 4. The molecule has 1 saturated carbocycles. The van der Waals surface area contributed by atoms with Crippen molar-refractivity contribution in [2.75, 3.05) is 5.32 Å². The van der Waals surface area contributed by atoms with Gasteiger partial charge in [0, 0.05) is 10.9 Å². The Hall–Kier alpha value is -1.69. The van der Waals surface area contributed by atoms with Gasteiger partial charge in [-0.3, -0.25) is 0 Å². The minimum Gasteiger partial charge on any atom is -0.351 e. The Labute approximate surface area is 127 Å². The summed E-state index contributed by atoms with van der Waals surface area (Å²) < 4.78 is 1.86. The van der Waals surface area contributed by atoms with Gasteiger partial charge < -0.3 is 5.32 Å². The molecule has 21 heavy (non-hydrogen) atoms. The fourth-order valence-corrected chi connectivity index (χ4v) is 4.21. The van der Waals surface area contributed by atoms with Crippen LogP contribution < -0.4 is 5.32 Å². The molecule has 0 atom stereocenters. The van der Waals surface area contributed by atoms with Crippen molar-refractivity contribution in [3.8, 4) is 0 Å². The molecular formula is C15H19N5S. The van der Waals surface area contributed by atoms with Gasteiger partial charge in [-0.1, -0.05) is 19.3 Å². The standard InChI is InChI=1S/C15H19N5S/c1-9-10(2)21-14-12(9)13-16-8-17-20(13)15(19-14)18-11-6-4-3-5-7-11/h8,11H,3-7H2,1-2H3,(H,18,19). The Balaban J connectivity index is 1.85. The second-order valence-corrected chi connectivity index (χ2v) is 7.08. The molecule has 0 unspecified atom stereocenters. The molecule has 0 saturated heterocycles. The van der Waals surface area contributed by atoms with Crippen LogP contribution in [0.4, 0.5) is 5.95 Å². The largest absolute Gasteiger partial charge is 0.351 e. The van der Waals surface area contributed by atoms with Crippen LogP contribution in [0.5, 0.6) is 0 Å².